The summed E-state index contributed by atoms with van der Waals surface area (Å²) >= 11 is 0. The van der Waals surface area contributed by atoms with E-state index in [9.17, 15) is 0 Å². The molecule has 0 spiro atoms. The molecule has 0 radical (unpaired) electrons. The minimum Gasteiger partial charge on any atom is -0.510 e. The zero-order valence-electron chi connectivity index (χ0n) is 63.5. The summed E-state index contributed by atoms with van der Waals surface area (Å²) in [4.78, 5) is 12.5. The van der Waals surface area contributed by atoms with Crippen molar-refractivity contribution in [2.24, 2.45) is 0 Å². The fourth-order valence-corrected chi connectivity index (χ4v) is 12.6. The van der Waals surface area contributed by atoms with Gasteiger partial charge in [0.15, 0.2) is 0 Å². The number of para-hydroxylation sites is 5. The molecule has 16 aromatic rings. The summed E-state index contributed by atoms with van der Waals surface area (Å²) in [6.45, 7) is 10.2. The van der Waals surface area contributed by atoms with E-state index in [0.717, 1.165) is 45.5 Å². The third-order valence-corrected chi connectivity index (χ3v) is 18.3. The summed E-state index contributed by atoms with van der Waals surface area (Å²) in [5.74, 6) is 0. The Hall–Kier alpha value is -12.4. The zero-order valence-corrected chi connectivity index (χ0v) is 68.4. The van der Waals surface area contributed by atoms with Gasteiger partial charge in [-0.1, -0.05) is 193 Å². The van der Waals surface area contributed by atoms with Crippen LogP contribution in [0, 0.1) is 70.3 Å². The molecule has 13 aromatic carbocycles. The van der Waals surface area contributed by atoms with Gasteiger partial charge in [-0.15, -0.1) is 70.2 Å². The average Bonchev–Trinajstić information content (AvgIpc) is 1.64. The van der Waals surface area contributed by atoms with Crippen LogP contribution in [0.3, 0.4) is 0 Å². The monoisotopic (exact) mass is 1750 g/mol. The number of benzene rings is 13. The van der Waals surface area contributed by atoms with Crippen LogP contribution in [-0.4, -0.2) is 60.3 Å². The van der Waals surface area contributed by atoms with Gasteiger partial charge in [-0.3, -0.25) is 14.0 Å². The molecule has 0 saturated carbocycles. The standard InChI is InChI=1S/C26H20N2.2C22H18N2.C11H11N2.2C9H7N2.3Rh/c1-27-19-28(26-10-6-5-9-25(26)27)24-17-15-23(16-18-24)22-13-11-21(12-14-22)20-7-3-2-4-8-20;2*1-23-15-16-24(17-23)22-13-11-21(12-14-22)20-9-7-19(8-10-20)18-5-3-2-4-6-18;1-9-8-10(2)13(12-9)11-6-4-3-5-7-11;2*1-2-5-9(6-3-1)11-8-4-7-10-11;;;/h2-17,19H,1H3;2*2-13,15-17H,1H3;3-6,8H,1-2H3;2*1-5,7-8H;;;/q3*-2;3*-1;3*+3. The van der Waals surface area contributed by atoms with Crippen molar-refractivity contribution in [1.82, 2.24) is 39.1 Å². The van der Waals surface area contributed by atoms with E-state index < -0.39 is 0 Å². The molecule has 12 nitrogen and oxygen atoms in total. The van der Waals surface area contributed by atoms with Gasteiger partial charge >= 0.3 is 58.4 Å². The molecular weight excluding hydrogens is 1670 g/mol. The number of hydrogen-bond donors (Lipinski definition) is 0. The van der Waals surface area contributed by atoms with E-state index in [1.807, 2.05) is 208 Å². The molecule has 19 rings (SSSR count). The average molecular weight is 1750 g/mol. The summed E-state index contributed by atoms with van der Waals surface area (Å²) in [7, 11) is 6.10. The molecule has 0 fully saturated rings. The van der Waals surface area contributed by atoms with Gasteiger partial charge in [-0.25, -0.2) is 0 Å². The first-order valence-corrected chi connectivity index (χ1v) is 36.6. The number of fused-ring (bicyclic) bond motifs is 1. The number of anilines is 5. The molecule has 0 N–H and O–H groups in total. The number of nitrogens with zero attached hydrogens (tertiary/aromatic N) is 12. The van der Waals surface area contributed by atoms with Crippen molar-refractivity contribution in [3.63, 3.8) is 0 Å². The smallest absolute Gasteiger partial charge is 0.510 e. The van der Waals surface area contributed by atoms with E-state index >= 15 is 0 Å². The van der Waals surface area contributed by atoms with Crippen LogP contribution >= 0.6 is 0 Å². The van der Waals surface area contributed by atoms with Crippen molar-refractivity contribution < 1.29 is 58.4 Å². The van der Waals surface area contributed by atoms with E-state index in [1.54, 1.807) is 21.8 Å². The van der Waals surface area contributed by atoms with Gasteiger partial charge in [0.25, 0.3) is 0 Å². The van der Waals surface area contributed by atoms with Crippen molar-refractivity contribution in [2.45, 2.75) is 13.8 Å². The second-order valence-electron chi connectivity index (χ2n) is 26.3. The third kappa shape index (κ3) is 21.9. The second-order valence-corrected chi connectivity index (χ2v) is 26.3. The van der Waals surface area contributed by atoms with Crippen LogP contribution in [0.2, 0.25) is 0 Å². The number of aromatic nitrogens is 6. The topological polar surface area (TPSA) is 72.9 Å². The van der Waals surface area contributed by atoms with Gasteiger partial charge in [0.1, 0.15) is 0 Å². The molecule has 0 amide bonds. The SMILES string of the molecule is CN1C=CN(c2[c-]cc(-c3ccc(-c4ccccc4)cc3)cc2)[CH-]1.CN1C=CN(c2[c-]cc(-c3ccc(-c4ccccc4)cc3)cc2)[CH-]1.CN1[CH-]N(c2[c-]cc(-c3ccc(-c4ccccc4)cc3)cc2)c2ccccc21.Cc1cc(C)n(-c2[c-]cccc2)n1.[Rh+3].[Rh+3].[Rh+3].[c-]1ccccc1-n1cccn1.[c-]1ccccc1-n1cccn1. The van der Waals surface area contributed by atoms with Gasteiger partial charge < -0.3 is 29.4 Å². The van der Waals surface area contributed by atoms with Crippen LogP contribution in [0.5, 0.6) is 0 Å². The number of hydrogen-bond acceptors (Lipinski definition) is 9. The second kappa shape index (κ2) is 41.2. The Morgan fingerprint density at radius 2 is 0.623 bits per heavy atom. The first-order valence-electron chi connectivity index (χ1n) is 36.6. The van der Waals surface area contributed by atoms with Gasteiger partial charge in [0.2, 0.25) is 0 Å². The minimum absolute atomic E-state index is 0. The summed E-state index contributed by atoms with van der Waals surface area (Å²) < 4.78 is 5.45. The van der Waals surface area contributed by atoms with Crippen LogP contribution < -0.4 is 19.6 Å². The van der Waals surface area contributed by atoms with Crippen molar-refractivity contribution in [3.05, 3.63) is 451 Å². The quantitative estimate of drug-likeness (QED) is 0.0878. The molecule has 15 heteroatoms. The molecule has 0 saturated heterocycles. The predicted octanol–water partition coefficient (Wildman–Crippen LogP) is 22.5. The Bertz CT molecular complexity index is 5310. The molecule has 0 unspecified atom stereocenters. The summed E-state index contributed by atoms with van der Waals surface area (Å²) in [6, 6.07) is 133. The van der Waals surface area contributed by atoms with Crippen LogP contribution in [0.4, 0.5) is 28.4 Å². The molecule has 6 heterocycles. The Balaban J connectivity index is 0.000000139. The Kier molecular flexibility index (Phi) is 29.9. The van der Waals surface area contributed by atoms with E-state index in [0.29, 0.717) is 0 Å². The Morgan fingerprint density at radius 3 is 0.939 bits per heavy atom. The zero-order chi connectivity index (χ0) is 75.9. The maximum absolute atomic E-state index is 4.37. The van der Waals surface area contributed by atoms with Crippen molar-refractivity contribution in [1.29, 1.82) is 0 Å². The molecule has 564 valence electrons. The number of rotatable bonds is 12. The van der Waals surface area contributed by atoms with E-state index in [2.05, 4.69) is 303 Å². The number of aryl methyl sites for hydroxylation is 2. The summed E-state index contributed by atoms with van der Waals surface area (Å²) in [6.07, 6.45) is 15.4. The van der Waals surface area contributed by atoms with E-state index in [1.165, 1.54) is 78.1 Å². The predicted molar refractivity (Wildman–Crippen MR) is 454 cm³/mol. The molecule has 0 aliphatic carbocycles. The van der Waals surface area contributed by atoms with Crippen LogP contribution in [0.15, 0.2) is 383 Å². The first kappa shape index (κ1) is 82.6. The molecule has 3 aliphatic heterocycles. The van der Waals surface area contributed by atoms with Gasteiger partial charge in [0.05, 0.1) is 5.69 Å². The summed E-state index contributed by atoms with van der Waals surface area (Å²) in [5, 5.41) is 12.5. The van der Waals surface area contributed by atoms with Crippen LogP contribution in [0.1, 0.15) is 11.4 Å². The van der Waals surface area contributed by atoms with Crippen molar-refractivity contribution >= 4 is 28.4 Å². The molecule has 3 aliphatic rings. The Labute approximate surface area is 709 Å². The van der Waals surface area contributed by atoms with Gasteiger partial charge in [0, 0.05) is 41.9 Å². The fraction of sp³-hybridized carbons (Fsp3) is 0.0505. The third-order valence-electron chi connectivity index (χ3n) is 18.3. The molecule has 0 atom stereocenters. The maximum atomic E-state index is 4.37. The molecule has 3 aromatic heterocycles. The van der Waals surface area contributed by atoms with Crippen LogP contribution in [0.25, 0.3) is 83.8 Å². The summed E-state index contributed by atoms with van der Waals surface area (Å²) in [5.41, 5.74) is 25.2. The first-order chi connectivity index (χ1) is 54.6. The Morgan fingerprint density at radius 1 is 0.289 bits per heavy atom. The minimum atomic E-state index is 0. The maximum Gasteiger partial charge on any atom is 3.00 e. The normalized spacial score (nSPS) is 11.9. The van der Waals surface area contributed by atoms with Gasteiger partial charge in [-0.05, 0) is 141 Å². The van der Waals surface area contributed by atoms with Crippen molar-refractivity contribution in [2.75, 3.05) is 40.7 Å². The molecule has 114 heavy (non-hydrogen) atoms. The van der Waals surface area contributed by atoms with E-state index in [4.69, 9.17) is 0 Å². The molecular formula is C99H81N12Rh3. The van der Waals surface area contributed by atoms with E-state index in [-0.39, 0.29) is 58.4 Å². The van der Waals surface area contributed by atoms with Gasteiger partial charge in [-0.2, -0.15) is 163 Å². The largest absolute Gasteiger partial charge is 3.00 e. The van der Waals surface area contributed by atoms with Crippen LogP contribution in [-0.2, 0) is 58.4 Å². The van der Waals surface area contributed by atoms with Crippen molar-refractivity contribution in [3.8, 4) is 83.8 Å². The molecule has 0 bridgehead atoms. The fourth-order valence-electron chi connectivity index (χ4n) is 12.6.